The van der Waals surface area contributed by atoms with Crippen molar-refractivity contribution >= 4 is 35.0 Å². The Kier molecular flexibility index (Phi) is 5.96. The predicted molar refractivity (Wildman–Crippen MR) is 97.5 cm³/mol. The standard InChI is InChI=1S/C18H17Cl2FN2O3/c1-2-25-18(24)11-3-4-17(22-9-11)23-5-6-26-16(10-23)12-7-15(21)14(20)8-13(12)19/h3-4,7-9,16H,2,5-6,10H2,1H3. The van der Waals surface area contributed by atoms with Gasteiger partial charge in [-0.15, -0.1) is 0 Å². The molecule has 2 aromatic rings. The molecule has 1 fully saturated rings. The molecule has 0 amide bonds. The second-order valence-electron chi connectivity index (χ2n) is 5.72. The lowest BCUT2D eigenvalue weighted by molar-refractivity contribution is 0.0393. The Morgan fingerprint density at radius 2 is 2.19 bits per heavy atom. The van der Waals surface area contributed by atoms with Crippen molar-refractivity contribution in [3.63, 3.8) is 0 Å². The number of benzene rings is 1. The minimum absolute atomic E-state index is 0.0253. The molecule has 0 spiro atoms. The van der Waals surface area contributed by atoms with Crippen LogP contribution in [0.5, 0.6) is 0 Å². The molecule has 1 aliphatic heterocycles. The number of nitrogens with zero attached hydrogens (tertiary/aromatic N) is 2. The fraction of sp³-hybridized carbons (Fsp3) is 0.333. The van der Waals surface area contributed by atoms with Gasteiger partial charge in [0.15, 0.2) is 0 Å². The molecule has 1 saturated heterocycles. The molecule has 26 heavy (non-hydrogen) atoms. The van der Waals surface area contributed by atoms with Crippen LogP contribution in [0.2, 0.25) is 10.0 Å². The van der Waals surface area contributed by atoms with E-state index in [0.717, 1.165) is 0 Å². The van der Waals surface area contributed by atoms with Crippen LogP contribution < -0.4 is 4.90 Å². The quantitative estimate of drug-likeness (QED) is 0.568. The number of aromatic nitrogens is 1. The highest BCUT2D eigenvalue weighted by Crippen LogP contribution is 2.33. The maximum absolute atomic E-state index is 13.8. The fourth-order valence-corrected chi connectivity index (χ4v) is 3.24. The maximum atomic E-state index is 13.8. The zero-order valence-electron chi connectivity index (χ0n) is 14.0. The van der Waals surface area contributed by atoms with Crippen LogP contribution in [0.1, 0.15) is 28.9 Å². The molecule has 1 aromatic carbocycles. The molecule has 3 rings (SSSR count). The van der Waals surface area contributed by atoms with E-state index in [2.05, 4.69) is 4.98 Å². The SMILES string of the molecule is CCOC(=O)c1ccc(N2CCOC(c3cc(F)c(Cl)cc3Cl)C2)nc1. The van der Waals surface area contributed by atoms with Gasteiger partial charge in [0.1, 0.15) is 17.7 Å². The fourth-order valence-electron chi connectivity index (χ4n) is 2.74. The van der Waals surface area contributed by atoms with Gasteiger partial charge in [0.2, 0.25) is 0 Å². The Bertz CT molecular complexity index is 802. The van der Waals surface area contributed by atoms with Gasteiger partial charge >= 0.3 is 5.97 Å². The Labute approximate surface area is 160 Å². The predicted octanol–water partition coefficient (Wildman–Crippen LogP) is 4.28. The van der Waals surface area contributed by atoms with Crippen LogP contribution in [0.25, 0.3) is 0 Å². The van der Waals surface area contributed by atoms with E-state index < -0.39 is 17.9 Å². The number of morpholine rings is 1. The number of esters is 1. The zero-order valence-corrected chi connectivity index (χ0v) is 15.6. The number of anilines is 1. The number of carbonyl (C=O) groups excluding carboxylic acids is 1. The van der Waals surface area contributed by atoms with Crippen molar-refractivity contribution in [1.82, 2.24) is 4.98 Å². The van der Waals surface area contributed by atoms with Crippen LogP contribution >= 0.6 is 23.2 Å². The molecular formula is C18H17Cl2FN2O3. The summed E-state index contributed by atoms with van der Waals surface area (Å²) in [6, 6.07) is 6.09. The van der Waals surface area contributed by atoms with Crippen molar-refractivity contribution < 1.29 is 18.7 Å². The summed E-state index contributed by atoms with van der Waals surface area (Å²) < 4.78 is 24.5. The molecule has 1 aromatic heterocycles. The van der Waals surface area contributed by atoms with Crippen LogP contribution in [-0.4, -0.2) is 37.3 Å². The molecule has 0 radical (unpaired) electrons. The Hall–Kier alpha value is -1.89. The number of carbonyl (C=O) groups is 1. The summed E-state index contributed by atoms with van der Waals surface area (Å²) in [4.78, 5) is 18.0. The van der Waals surface area contributed by atoms with E-state index in [1.807, 2.05) is 4.90 Å². The Balaban J connectivity index is 1.76. The largest absolute Gasteiger partial charge is 0.462 e. The number of hydrogen-bond donors (Lipinski definition) is 0. The second kappa shape index (κ2) is 8.20. The lowest BCUT2D eigenvalue weighted by atomic mass is 10.1. The van der Waals surface area contributed by atoms with Crippen LogP contribution in [0.4, 0.5) is 10.2 Å². The highest BCUT2D eigenvalue weighted by atomic mass is 35.5. The van der Waals surface area contributed by atoms with Crippen molar-refractivity contribution in [3.8, 4) is 0 Å². The van der Waals surface area contributed by atoms with Crippen molar-refractivity contribution in [3.05, 3.63) is 57.5 Å². The van der Waals surface area contributed by atoms with Crippen LogP contribution in [0.15, 0.2) is 30.5 Å². The van der Waals surface area contributed by atoms with E-state index in [0.29, 0.717) is 48.3 Å². The first-order valence-corrected chi connectivity index (χ1v) is 8.89. The molecular weight excluding hydrogens is 382 g/mol. The number of pyridine rings is 1. The monoisotopic (exact) mass is 398 g/mol. The summed E-state index contributed by atoms with van der Waals surface area (Å²) in [5.41, 5.74) is 0.935. The highest BCUT2D eigenvalue weighted by molar-refractivity contribution is 6.35. The number of rotatable bonds is 4. The van der Waals surface area contributed by atoms with Crippen molar-refractivity contribution in [2.24, 2.45) is 0 Å². The van der Waals surface area contributed by atoms with Crippen LogP contribution in [0.3, 0.4) is 0 Å². The van der Waals surface area contributed by atoms with Gasteiger partial charge in [0.25, 0.3) is 0 Å². The summed E-state index contributed by atoms with van der Waals surface area (Å²) >= 11 is 12.0. The van der Waals surface area contributed by atoms with Crippen LogP contribution in [-0.2, 0) is 9.47 Å². The molecule has 138 valence electrons. The van der Waals surface area contributed by atoms with E-state index >= 15 is 0 Å². The lowest BCUT2D eigenvalue weighted by Crippen LogP contribution is -2.39. The summed E-state index contributed by atoms with van der Waals surface area (Å²) in [5.74, 6) is -0.254. The Morgan fingerprint density at radius 1 is 1.38 bits per heavy atom. The minimum Gasteiger partial charge on any atom is -0.462 e. The molecule has 0 bridgehead atoms. The Morgan fingerprint density at radius 3 is 2.88 bits per heavy atom. The highest BCUT2D eigenvalue weighted by Gasteiger charge is 2.26. The molecule has 1 atom stereocenters. The molecule has 0 aliphatic carbocycles. The van der Waals surface area contributed by atoms with E-state index in [1.165, 1.54) is 18.3 Å². The van der Waals surface area contributed by atoms with E-state index in [1.54, 1.807) is 19.1 Å². The maximum Gasteiger partial charge on any atom is 0.339 e. The first-order valence-electron chi connectivity index (χ1n) is 8.13. The van der Waals surface area contributed by atoms with E-state index in [9.17, 15) is 9.18 Å². The smallest absolute Gasteiger partial charge is 0.339 e. The third-order valence-electron chi connectivity index (χ3n) is 4.04. The van der Waals surface area contributed by atoms with Gasteiger partial charge in [0.05, 0.1) is 23.8 Å². The lowest BCUT2D eigenvalue weighted by Gasteiger charge is -2.34. The van der Waals surface area contributed by atoms with Crippen molar-refractivity contribution in [2.75, 3.05) is 31.2 Å². The molecule has 5 nitrogen and oxygen atoms in total. The van der Waals surface area contributed by atoms with Gasteiger partial charge in [-0.2, -0.15) is 0 Å². The molecule has 8 heteroatoms. The average Bonchev–Trinajstić information content (AvgIpc) is 2.65. The number of ether oxygens (including phenoxy) is 2. The van der Waals surface area contributed by atoms with Crippen molar-refractivity contribution in [2.45, 2.75) is 13.0 Å². The van der Waals surface area contributed by atoms with Crippen LogP contribution in [0, 0.1) is 5.82 Å². The van der Waals surface area contributed by atoms with Gasteiger partial charge < -0.3 is 14.4 Å². The normalized spacial score (nSPS) is 17.2. The molecule has 0 N–H and O–H groups in total. The first-order chi connectivity index (χ1) is 12.5. The number of halogens is 3. The summed E-state index contributed by atoms with van der Waals surface area (Å²) in [6.45, 7) is 3.57. The van der Waals surface area contributed by atoms with Gasteiger partial charge in [0, 0.05) is 29.9 Å². The summed E-state index contributed by atoms with van der Waals surface area (Å²) in [5, 5.41) is 0.330. The van der Waals surface area contributed by atoms with E-state index in [-0.39, 0.29) is 5.02 Å². The van der Waals surface area contributed by atoms with E-state index in [4.69, 9.17) is 32.7 Å². The summed E-state index contributed by atoms with van der Waals surface area (Å²) in [7, 11) is 0. The second-order valence-corrected chi connectivity index (χ2v) is 6.53. The number of hydrogen-bond acceptors (Lipinski definition) is 5. The van der Waals surface area contributed by atoms with Gasteiger partial charge in [-0.3, -0.25) is 0 Å². The molecule has 2 heterocycles. The molecule has 0 saturated carbocycles. The molecule has 1 unspecified atom stereocenters. The average molecular weight is 399 g/mol. The summed E-state index contributed by atoms with van der Waals surface area (Å²) in [6.07, 6.45) is 1.07. The van der Waals surface area contributed by atoms with Gasteiger partial charge in [-0.05, 0) is 31.2 Å². The van der Waals surface area contributed by atoms with Gasteiger partial charge in [-0.25, -0.2) is 14.2 Å². The third kappa shape index (κ3) is 4.09. The third-order valence-corrected chi connectivity index (χ3v) is 4.65. The minimum atomic E-state index is -0.538. The zero-order chi connectivity index (χ0) is 18.7. The van der Waals surface area contributed by atoms with Crippen molar-refractivity contribution in [1.29, 1.82) is 0 Å². The first kappa shape index (κ1) is 18.9. The topological polar surface area (TPSA) is 51.7 Å². The molecule has 1 aliphatic rings. The van der Waals surface area contributed by atoms with Gasteiger partial charge in [-0.1, -0.05) is 23.2 Å².